The number of amides is 1. The first-order chi connectivity index (χ1) is 30.2. The number of halogens is 2. The molecule has 0 fully saturated rings. The van der Waals surface area contributed by atoms with Crippen LogP contribution in [-0.2, 0) is 25.5 Å². The minimum absolute atomic E-state index is 0.0215. The largest absolute Gasteiger partial charge is 0.493 e. The van der Waals surface area contributed by atoms with E-state index < -0.39 is 5.97 Å². The fourth-order valence-corrected chi connectivity index (χ4v) is 8.24. The number of esters is 1. The highest BCUT2D eigenvalue weighted by Gasteiger charge is 2.29. The summed E-state index contributed by atoms with van der Waals surface area (Å²) < 4.78 is 18.3. The van der Waals surface area contributed by atoms with Crippen LogP contribution in [0, 0.1) is 26.2 Å². The predicted octanol–water partition coefficient (Wildman–Crippen LogP) is 10.6. The number of thiophene rings is 1. The minimum atomic E-state index is -0.470. The average molecular weight is 961 g/mol. The van der Waals surface area contributed by atoms with Crippen LogP contribution in [0.1, 0.15) is 92.9 Å². The van der Waals surface area contributed by atoms with Crippen LogP contribution >= 0.6 is 58.5 Å². The number of nitrogens with two attached hydrogens (primary N) is 1. The molecule has 0 saturated heterocycles. The van der Waals surface area contributed by atoms with Crippen LogP contribution in [0.2, 0.25) is 10.0 Å². The lowest BCUT2D eigenvalue weighted by Crippen LogP contribution is -2.31. The molecule has 1 aliphatic rings. The van der Waals surface area contributed by atoms with E-state index in [0.717, 1.165) is 44.9 Å². The number of ether oxygens (including phenoxy) is 3. The Kier molecular flexibility index (Phi) is 24.4. The lowest BCUT2D eigenvalue weighted by Gasteiger charge is -2.21. The normalized spacial score (nSPS) is 12.4. The number of aromatic nitrogens is 4. The zero-order chi connectivity index (χ0) is 47.3. The van der Waals surface area contributed by atoms with Gasteiger partial charge in [0.05, 0.1) is 42.7 Å². The van der Waals surface area contributed by atoms with Crippen LogP contribution in [0.5, 0.6) is 5.75 Å². The Morgan fingerprint density at radius 3 is 2.35 bits per heavy atom. The van der Waals surface area contributed by atoms with Gasteiger partial charge in [0.25, 0.3) is 0 Å². The lowest BCUT2D eigenvalue weighted by atomic mass is 9.95. The highest BCUT2D eigenvalue weighted by molar-refractivity contribution is 7.79. The zero-order valence-electron chi connectivity index (χ0n) is 38.1. The molecule has 4 heterocycles. The van der Waals surface area contributed by atoms with E-state index in [-0.39, 0.29) is 36.9 Å². The Balaban J connectivity index is 0.000000400. The number of carbonyl (C=O) groups is 2. The second kappa shape index (κ2) is 28.0. The topological polar surface area (TPSA) is 156 Å². The van der Waals surface area contributed by atoms with Gasteiger partial charge in [-0.05, 0) is 83.3 Å². The fraction of sp³-hybridized carbons (Fsp3) is 0.435. The summed E-state index contributed by atoms with van der Waals surface area (Å²) in [6, 6.07) is 13.3. The van der Waals surface area contributed by atoms with Crippen LogP contribution < -0.4 is 15.8 Å². The molecular weight excluding hydrogens is 898 g/mol. The lowest BCUT2D eigenvalue weighted by molar-refractivity contribution is -0.143. The number of thiazole rings is 1. The van der Waals surface area contributed by atoms with Crippen LogP contribution in [0.3, 0.4) is 0 Å². The molecule has 0 bridgehead atoms. The maximum atomic E-state index is 12.0. The molecule has 3 N–H and O–H groups in total. The number of carbonyl (C=O) groups excluding carboxylic acids is 2. The molecule has 6 rings (SSSR count). The van der Waals surface area contributed by atoms with Crippen molar-refractivity contribution in [2.45, 2.75) is 81.2 Å². The number of rotatable bonds is 15. The molecule has 0 saturated carbocycles. The number of benzene rings is 2. The van der Waals surface area contributed by atoms with Gasteiger partial charge in [-0.25, -0.2) is 4.98 Å². The first-order valence-electron chi connectivity index (χ1n) is 20.6. The van der Waals surface area contributed by atoms with E-state index in [2.05, 4.69) is 85.5 Å². The van der Waals surface area contributed by atoms with E-state index in [1.165, 1.54) is 27.3 Å². The summed E-state index contributed by atoms with van der Waals surface area (Å²) in [6.45, 7) is 26.6. The van der Waals surface area contributed by atoms with Gasteiger partial charge in [-0.1, -0.05) is 63.0 Å². The van der Waals surface area contributed by atoms with Gasteiger partial charge in [0.1, 0.15) is 34.2 Å². The van der Waals surface area contributed by atoms with Gasteiger partial charge in [-0.15, -0.1) is 46.0 Å². The molecule has 344 valence electrons. The third-order valence-corrected chi connectivity index (χ3v) is 11.7. The SMILES string of the molecule is C=C.CC.CCOC(=O)CNC(=O)Cc1csc(-c2ccc(OCCCOCC(C)(C)CN)cc2Cl)n1.CS.Cc1sc2c(c1C)C(c1ccc(Cl)cc1)=N[C@@H](C)c1nnc(C)n1-2. The molecule has 63 heavy (non-hydrogen) atoms. The van der Waals surface area contributed by atoms with E-state index in [4.69, 9.17) is 48.1 Å². The van der Waals surface area contributed by atoms with Crippen molar-refractivity contribution in [2.75, 3.05) is 45.8 Å². The van der Waals surface area contributed by atoms with Crippen LogP contribution in [0.15, 0.2) is 66.0 Å². The van der Waals surface area contributed by atoms with E-state index in [0.29, 0.717) is 47.8 Å². The monoisotopic (exact) mass is 959 g/mol. The van der Waals surface area contributed by atoms with E-state index in [1.54, 1.807) is 36.0 Å². The maximum absolute atomic E-state index is 12.0. The maximum Gasteiger partial charge on any atom is 0.325 e. The third kappa shape index (κ3) is 16.1. The molecule has 0 radical (unpaired) electrons. The number of fused-ring (bicyclic) bond motifs is 3. The van der Waals surface area contributed by atoms with Crippen LogP contribution in [0.4, 0.5) is 0 Å². The minimum Gasteiger partial charge on any atom is -0.493 e. The van der Waals surface area contributed by atoms with Gasteiger partial charge >= 0.3 is 5.97 Å². The second-order valence-corrected chi connectivity index (χ2v) is 17.1. The number of hydrogen-bond donors (Lipinski definition) is 3. The molecule has 1 aliphatic heterocycles. The summed E-state index contributed by atoms with van der Waals surface area (Å²) in [4.78, 5) is 34.1. The number of nitrogens with zero attached hydrogens (tertiary/aromatic N) is 5. The van der Waals surface area contributed by atoms with Crippen molar-refractivity contribution < 1.29 is 23.8 Å². The predicted molar refractivity (Wildman–Crippen MR) is 266 cm³/mol. The molecule has 0 unspecified atom stereocenters. The van der Waals surface area contributed by atoms with Crippen molar-refractivity contribution in [1.29, 1.82) is 0 Å². The van der Waals surface area contributed by atoms with E-state index in [9.17, 15) is 9.59 Å². The van der Waals surface area contributed by atoms with Gasteiger partial charge in [0.15, 0.2) is 5.82 Å². The first kappa shape index (κ1) is 55.0. The molecule has 12 nitrogen and oxygen atoms in total. The molecule has 2 aromatic carbocycles. The van der Waals surface area contributed by atoms with Crippen molar-refractivity contribution in [1.82, 2.24) is 25.1 Å². The summed E-state index contributed by atoms with van der Waals surface area (Å²) in [6.07, 6.45) is 2.52. The van der Waals surface area contributed by atoms with Crippen molar-refractivity contribution in [3.05, 3.63) is 110 Å². The Bertz CT molecular complexity index is 2220. The van der Waals surface area contributed by atoms with Crippen molar-refractivity contribution in [2.24, 2.45) is 16.1 Å². The van der Waals surface area contributed by atoms with Crippen molar-refractivity contribution in [3.8, 4) is 21.3 Å². The molecule has 0 aliphatic carbocycles. The second-order valence-electron chi connectivity index (χ2n) is 14.2. The van der Waals surface area contributed by atoms with E-state index in [1.807, 2.05) is 57.2 Å². The van der Waals surface area contributed by atoms with Gasteiger partial charge in [-0.2, -0.15) is 12.6 Å². The van der Waals surface area contributed by atoms with Gasteiger partial charge < -0.3 is 25.3 Å². The van der Waals surface area contributed by atoms with Crippen LogP contribution in [-0.4, -0.2) is 83.1 Å². The van der Waals surface area contributed by atoms with Crippen LogP contribution in [0.25, 0.3) is 15.6 Å². The summed E-state index contributed by atoms with van der Waals surface area (Å²) in [5.74, 6) is 1.68. The van der Waals surface area contributed by atoms with Gasteiger partial charge in [-0.3, -0.25) is 19.1 Å². The number of hydrogen-bond acceptors (Lipinski definition) is 13. The quantitative estimate of drug-likeness (QED) is 0.0402. The average Bonchev–Trinajstić information content (AvgIpc) is 3.97. The summed E-state index contributed by atoms with van der Waals surface area (Å²) in [5, 5.41) is 16.1. The molecule has 5 aromatic rings. The van der Waals surface area contributed by atoms with Gasteiger partial charge in [0.2, 0.25) is 5.91 Å². The molecule has 0 spiro atoms. The summed E-state index contributed by atoms with van der Waals surface area (Å²) in [7, 11) is 0. The Morgan fingerprint density at radius 2 is 1.71 bits per heavy atom. The molecule has 1 amide bonds. The fourth-order valence-electron chi connectivity index (χ4n) is 5.73. The summed E-state index contributed by atoms with van der Waals surface area (Å²) in [5.41, 5.74) is 11.5. The summed E-state index contributed by atoms with van der Waals surface area (Å²) >= 11 is 19.2. The van der Waals surface area contributed by atoms with Crippen molar-refractivity contribution in [3.63, 3.8) is 0 Å². The Morgan fingerprint density at radius 1 is 1.03 bits per heavy atom. The standard InChI is InChI=1S/C23H32ClN3O5S.C18H17ClN4S.C2H6.C2H4.CH4S/c1-4-31-21(29)12-26-20(28)10-16-13-33-22(27-16)18-7-6-17(11-19(18)24)32-9-5-8-30-15-23(2,3)14-25;1-9-11(3)24-18-15(9)16(13-5-7-14(19)8-6-13)20-10(2)17-22-21-12(4)23(17)18;3*1-2/h6-7,11,13H,4-5,8-10,12,14-15,25H2,1-3H3,(H,26,28);5-8,10H,1-4H3;1-2H3;1-2H2;2H,1H3/t;10-;;;/m.0.../s1. The molecular formula is C46H63Cl2N7O5S3. The number of aliphatic imine (C=N–C) groups is 1. The highest BCUT2D eigenvalue weighted by atomic mass is 35.5. The molecule has 3 aromatic heterocycles. The van der Waals surface area contributed by atoms with E-state index >= 15 is 0 Å². The number of aryl methyl sites for hydroxylation is 2. The Labute approximate surface area is 397 Å². The molecule has 17 heteroatoms. The first-order valence-corrected chi connectivity index (χ1v) is 23.9. The van der Waals surface area contributed by atoms with Gasteiger partial charge in [0, 0.05) is 50.4 Å². The third-order valence-electron chi connectivity index (χ3n) is 9.02. The molecule has 1 atom stereocenters. The highest BCUT2D eigenvalue weighted by Crippen LogP contribution is 2.39. The van der Waals surface area contributed by atoms with Crippen molar-refractivity contribution >= 4 is 76.1 Å². The Hall–Kier alpha value is -4.09. The number of thiol groups is 1. The zero-order valence-corrected chi connectivity index (χ0v) is 42.2. The smallest absolute Gasteiger partial charge is 0.325 e. The number of nitrogens with one attached hydrogen (secondary N) is 1.